The Hall–Kier alpha value is -2.99. The summed E-state index contributed by atoms with van der Waals surface area (Å²) in [7, 11) is -3.74. The number of nitrogens with one attached hydrogen (secondary N) is 1. The Morgan fingerprint density at radius 2 is 1.58 bits per heavy atom. The number of aryl methyl sites for hydroxylation is 1. The normalized spacial score (nSPS) is 11.6. The minimum Gasteiger partial charge on any atom is -0.280 e. The third-order valence-electron chi connectivity index (χ3n) is 3.78. The van der Waals surface area contributed by atoms with Crippen molar-refractivity contribution in [3.05, 3.63) is 89.7 Å². The van der Waals surface area contributed by atoms with Crippen molar-refractivity contribution in [2.75, 3.05) is 4.72 Å². The van der Waals surface area contributed by atoms with Gasteiger partial charge in [-0.1, -0.05) is 24.3 Å². The fraction of sp³-hybridized carbons (Fsp3) is 0.0500. The van der Waals surface area contributed by atoms with Crippen LogP contribution in [-0.4, -0.2) is 14.6 Å². The molecule has 0 aliphatic rings. The molecular formula is C20H17FN2O2S. The van der Waals surface area contributed by atoms with E-state index in [0.717, 1.165) is 11.1 Å². The second kappa shape index (κ2) is 7.49. The number of sulfonamides is 1. The number of rotatable bonds is 5. The fourth-order valence-electron chi connectivity index (χ4n) is 2.32. The van der Waals surface area contributed by atoms with Crippen LogP contribution in [-0.2, 0) is 10.0 Å². The van der Waals surface area contributed by atoms with Crippen LogP contribution in [0.1, 0.15) is 11.1 Å². The molecular weight excluding hydrogens is 351 g/mol. The molecule has 3 aromatic carbocycles. The molecule has 3 rings (SSSR count). The van der Waals surface area contributed by atoms with Crippen molar-refractivity contribution in [1.82, 2.24) is 0 Å². The van der Waals surface area contributed by atoms with Gasteiger partial charge in [-0.25, -0.2) is 12.8 Å². The van der Waals surface area contributed by atoms with Crippen molar-refractivity contribution < 1.29 is 12.8 Å². The maximum atomic E-state index is 12.9. The van der Waals surface area contributed by atoms with Crippen LogP contribution < -0.4 is 4.72 Å². The first-order valence-corrected chi connectivity index (χ1v) is 9.40. The molecule has 0 radical (unpaired) electrons. The van der Waals surface area contributed by atoms with Gasteiger partial charge < -0.3 is 0 Å². The Morgan fingerprint density at radius 1 is 0.923 bits per heavy atom. The van der Waals surface area contributed by atoms with Crippen molar-refractivity contribution in [3.8, 4) is 0 Å². The van der Waals surface area contributed by atoms with Crippen LogP contribution in [0.2, 0.25) is 0 Å². The molecule has 0 aromatic heterocycles. The first-order valence-electron chi connectivity index (χ1n) is 7.92. The van der Waals surface area contributed by atoms with Gasteiger partial charge in [-0.05, 0) is 66.6 Å². The largest absolute Gasteiger partial charge is 0.280 e. The number of hydrogen-bond acceptors (Lipinski definition) is 3. The number of hydrogen-bond donors (Lipinski definition) is 1. The SMILES string of the molecule is Cc1ccccc1C=Nc1ccc(S(=O)(=O)Nc2ccc(F)cc2)cc1. The lowest BCUT2D eigenvalue weighted by Crippen LogP contribution is -2.12. The van der Waals surface area contributed by atoms with E-state index in [0.29, 0.717) is 11.4 Å². The van der Waals surface area contributed by atoms with E-state index in [1.807, 2.05) is 31.2 Å². The number of halogens is 1. The molecule has 0 unspecified atom stereocenters. The Morgan fingerprint density at radius 3 is 2.23 bits per heavy atom. The summed E-state index contributed by atoms with van der Waals surface area (Å²) in [5.74, 6) is -0.427. The molecule has 0 aliphatic heterocycles. The zero-order valence-corrected chi connectivity index (χ0v) is 14.9. The average Bonchev–Trinajstić information content (AvgIpc) is 2.63. The van der Waals surface area contributed by atoms with E-state index in [4.69, 9.17) is 0 Å². The van der Waals surface area contributed by atoms with E-state index in [2.05, 4.69) is 9.71 Å². The minimum atomic E-state index is -3.74. The van der Waals surface area contributed by atoms with Crippen LogP contribution in [0.25, 0.3) is 0 Å². The number of nitrogens with zero attached hydrogens (tertiary/aromatic N) is 1. The van der Waals surface area contributed by atoms with Gasteiger partial charge in [0.25, 0.3) is 10.0 Å². The molecule has 6 heteroatoms. The Kier molecular flexibility index (Phi) is 5.14. The maximum Gasteiger partial charge on any atom is 0.261 e. The minimum absolute atomic E-state index is 0.108. The molecule has 0 saturated carbocycles. The van der Waals surface area contributed by atoms with Gasteiger partial charge in [0.1, 0.15) is 5.82 Å². The topological polar surface area (TPSA) is 58.5 Å². The van der Waals surface area contributed by atoms with E-state index in [1.54, 1.807) is 18.3 Å². The van der Waals surface area contributed by atoms with Gasteiger partial charge >= 0.3 is 0 Å². The standard InChI is InChI=1S/C20H17FN2O2S/c1-15-4-2-3-5-16(15)14-22-18-10-12-20(13-11-18)26(24,25)23-19-8-6-17(21)7-9-19/h2-14,23H,1H3. The lowest BCUT2D eigenvalue weighted by Gasteiger charge is -2.08. The Balaban J connectivity index is 1.76. The van der Waals surface area contributed by atoms with Crippen molar-refractivity contribution in [1.29, 1.82) is 0 Å². The van der Waals surface area contributed by atoms with Gasteiger partial charge in [0.05, 0.1) is 10.6 Å². The van der Waals surface area contributed by atoms with Crippen molar-refractivity contribution in [2.45, 2.75) is 11.8 Å². The fourth-order valence-corrected chi connectivity index (χ4v) is 3.38. The Labute approximate surface area is 152 Å². The second-order valence-electron chi connectivity index (χ2n) is 5.72. The molecule has 3 aromatic rings. The summed E-state index contributed by atoms with van der Waals surface area (Å²) in [6.45, 7) is 2.00. The molecule has 0 spiro atoms. The van der Waals surface area contributed by atoms with Gasteiger partial charge in [-0.3, -0.25) is 9.71 Å². The highest BCUT2D eigenvalue weighted by Gasteiger charge is 2.13. The van der Waals surface area contributed by atoms with Gasteiger partial charge in [-0.2, -0.15) is 0 Å². The van der Waals surface area contributed by atoms with Crippen LogP contribution in [0.5, 0.6) is 0 Å². The average molecular weight is 368 g/mol. The van der Waals surface area contributed by atoms with Crippen molar-refractivity contribution in [3.63, 3.8) is 0 Å². The third kappa shape index (κ3) is 4.34. The highest BCUT2D eigenvalue weighted by Crippen LogP contribution is 2.20. The Bertz CT molecular complexity index is 1030. The summed E-state index contributed by atoms with van der Waals surface area (Å²) < 4.78 is 40.1. The summed E-state index contributed by atoms with van der Waals surface area (Å²) in [5, 5.41) is 0. The van der Waals surface area contributed by atoms with E-state index in [1.165, 1.54) is 36.4 Å². The van der Waals surface area contributed by atoms with E-state index in [9.17, 15) is 12.8 Å². The van der Waals surface area contributed by atoms with E-state index >= 15 is 0 Å². The van der Waals surface area contributed by atoms with Crippen LogP contribution in [0, 0.1) is 12.7 Å². The van der Waals surface area contributed by atoms with Crippen LogP contribution in [0.4, 0.5) is 15.8 Å². The predicted molar refractivity (Wildman–Crippen MR) is 102 cm³/mol. The lowest BCUT2D eigenvalue weighted by atomic mass is 10.1. The summed E-state index contributed by atoms with van der Waals surface area (Å²) in [5.41, 5.74) is 3.06. The molecule has 0 fully saturated rings. The second-order valence-corrected chi connectivity index (χ2v) is 7.40. The molecule has 0 bridgehead atoms. The van der Waals surface area contributed by atoms with Crippen LogP contribution in [0.15, 0.2) is 82.7 Å². The van der Waals surface area contributed by atoms with Gasteiger partial charge in [0.15, 0.2) is 0 Å². The first-order chi connectivity index (χ1) is 12.4. The molecule has 0 amide bonds. The molecule has 0 saturated heterocycles. The van der Waals surface area contributed by atoms with Crippen LogP contribution >= 0.6 is 0 Å². The molecule has 0 atom stereocenters. The van der Waals surface area contributed by atoms with E-state index in [-0.39, 0.29) is 4.90 Å². The molecule has 4 nitrogen and oxygen atoms in total. The highest BCUT2D eigenvalue weighted by atomic mass is 32.2. The van der Waals surface area contributed by atoms with Gasteiger partial charge in [0.2, 0.25) is 0 Å². The number of aliphatic imine (C=N–C) groups is 1. The maximum absolute atomic E-state index is 12.9. The monoisotopic (exact) mass is 368 g/mol. The van der Waals surface area contributed by atoms with Gasteiger partial charge in [0, 0.05) is 11.9 Å². The zero-order chi connectivity index (χ0) is 18.6. The summed E-state index contributed by atoms with van der Waals surface area (Å²) >= 11 is 0. The highest BCUT2D eigenvalue weighted by molar-refractivity contribution is 7.92. The lowest BCUT2D eigenvalue weighted by molar-refractivity contribution is 0.601. The molecule has 0 heterocycles. The quantitative estimate of drug-likeness (QED) is 0.665. The molecule has 1 N–H and O–H groups in total. The summed E-state index contributed by atoms with van der Waals surface area (Å²) in [4.78, 5) is 4.48. The van der Waals surface area contributed by atoms with E-state index < -0.39 is 15.8 Å². The van der Waals surface area contributed by atoms with Crippen molar-refractivity contribution in [2.24, 2.45) is 4.99 Å². The smallest absolute Gasteiger partial charge is 0.261 e. The zero-order valence-electron chi connectivity index (χ0n) is 14.1. The molecule has 0 aliphatic carbocycles. The van der Waals surface area contributed by atoms with Crippen LogP contribution in [0.3, 0.4) is 0 Å². The van der Waals surface area contributed by atoms with Gasteiger partial charge in [-0.15, -0.1) is 0 Å². The molecule has 26 heavy (non-hydrogen) atoms. The number of anilines is 1. The predicted octanol–water partition coefficient (Wildman–Crippen LogP) is 4.69. The first kappa shape index (κ1) is 17.8. The number of benzene rings is 3. The summed E-state index contributed by atoms with van der Waals surface area (Å²) in [6, 6.07) is 19.2. The molecule has 132 valence electrons. The third-order valence-corrected chi connectivity index (χ3v) is 5.18. The van der Waals surface area contributed by atoms with Crippen molar-refractivity contribution >= 4 is 27.6 Å². The summed E-state index contributed by atoms with van der Waals surface area (Å²) in [6.07, 6.45) is 1.75.